The Kier molecular flexibility index (Phi) is 2.19. The van der Waals surface area contributed by atoms with Crippen LogP contribution < -0.4 is 10.1 Å². The zero-order chi connectivity index (χ0) is 9.26. The Morgan fingerprint density at radius 2 is 2.31 bits per heavy atom. The van der Waals surface area contributed by atoms with Gasteiger partial charge in [0.05, 0.1) is 7.11 Å². The molecule has 0 aliphatic carbocycles. The molecule has 0 spiro atoms. The van der Waals surface area contributed by atoms with Gasteiger partial charge in [-0.1, -0.05) is 0 Å². The van der Waals surface area contributed by atoms with Crippen molar-refractivity contribution < 1.29 is 9.13 Å². The van der Waals surface area contributed by atoms with E-state index in [0.717, 1.165) is 24.1 Å². The summed E-state index contributed by atoms with van der Waals surface area (Å²) in [6, 6.07) is 3.35. The quantitative estimate of drug-likeness (QED) is 0.708. The van der Waals surface area contributed by atoms with E-state index in [1.54, 1.807) is 7.11 Å². The lowest BCUT2D eigenvalue weighted by molar-refractivity contribution is 0.408. The van der Waals surface area contributed by atoms with Crippen LogP contribution in [0.15, 0.2) is 12.1 Å². The molecule has 0 fully saturated rings. The van der Waals surface area contributed by atoms with Crippen molar-refractivity contribution in [2.24, 2.45) is 0 Å². The first-order chi connectivity index (χ1) is 6.31. The molecule has 70 valence electrons. The minimum atomic E-state index is -0.165. The molecule has 2 nitrogen and oxygen atoms in total. The van der Waals surface area contributed by atoms with Crippen molar-refractivity contribution in [1.82, 2.24) is 5.32 Å². The molecule has 0 aromatic heterocycles. The smallest absolute Gasteiger partial charge is 0.131 e. The lowest BCUT2D eigenvalue weighted by Crippen LogP contribution is -2.24. The molecular formula is C10H12FNO. The Morgan fingerprint density at radius 3 is 3.08 bits per heavy atom. The molecule has 2 rings (SSSR count). The zero-order valence-corrected chi connectivity index (χ0v) is 7.56. The summed E-state index contributed by atoms with van der Waals surface area (Å²) in [6.45, 7) is 1.55. The minimum Gasteiger partial charge on any atom is -0.497 e. The number of methoxy groups -OCH3 is 1. The van der Waals surface area contributed by atoms with Crippen LogP contribution in [0, 0.1) is 5.82 Å². The molecule has 0 bridgehead atoms. The highest BCUT2D eigenvalue weighted by Gasteiger charge is 2.14. The fourth-order valence-electron chi connectivity index (χ4n) is 1.64. The monoisotopic (exact) mass is 181 g/mol. The van der Waals surface area contributed by atoms with Gasteiger partial charge in [-0.3, -0.25) is 0 Å². The number of hydrogen-bond acceptors (Lipinski definition) is 2. The SMILES string of the molecule is COc1cc(F)c2c(c1)CCNC2. The Labute approximate surface area is 76.7 Å². The summed E-state index contributed by atoms with van der Waals surface area (Å²) in [5, 5.41) is 3.14. The highest BCUT2D eigenvalue weighted by atomic mass is 19.1. The topological polar surface area (TPSA) is 21.3 Å². The van der Waals surface area contributed by atoms with Crippen LogP contribution in [0.25, 0.3) is 0 Å². The van der Waals surface area contributed by atoms with Crippen LogP contribution in [0.1, 0.15) is 11.1 Å². The van der Waals surface area contributed by atoms with Crippen LogP contribution in [-0.2, 0) is 13.0 Å². The molecule has 3 heteroatoms. The van der Waals surface area contributed by atoms with E-state index in [9.17, 15) is 4.39 Å². The van der Waals surface area contributed by atoms with Crippen LogP contribution in [-0.4, -0.2) is 13.7 Å². The summed E-state index contributed by atoms with van der Waals surface area (Å²) in [5.41, 5.74) is 1.85. The first-order valence-electron chi connectivity index (χ1n) is 4.37. The predicted octanol–water partition coefficient (Wildman–Crippen LogP) is 1.48. The average molecular weight is 181 g/mol. The second-order valence-corrected chi connectivity index (χ2v) is 3.17. The normalized spacial score (nSPS) is 15.2. The molecule has 1 aliphatic heterocycles. The maximum atomic E-state index is 13.4. The number of nitrogens with one attached hydrogen (secondary N) is 1. The van der Waals surface area contributed by atoms with Crippen LogP contribution in [0.3, 0.4) is 0 Å². The lowest BCUT2D eigenvalue weighted by Gasteiger charge is -2.18. The summed E-state index contributed by atoms with van der Waals surface area (Å²) >= 11 is 0. The van der Waals surface area contributed by atoms with E-state index in [1.807, 2.05) is 6.07 Å². The van der Waals surface area contributed by atoms with E-state index in [4.69, 9.17) is 4.74 Å². The lowest BCUT2D eigenvalue weighted by atomic mass is 10.0. The summed E-state index contributed by atoms with van der Waals surface area (Å²) in [6.07, 6.45) is 0.878. The van der Waals surface area contributed by atoms with Crippen LogP contribution in [0.5, 0.6) is 5.75 Å². The highest BCUT2D eigenvalue weighted by molar-refractivity contribution is 5.38. The van der Waals surface area contributed by atoms with Crippen LogP contribution in [0.2, 0.25) is 0 Å². The van der Waals surface area contributed by atoms with Gasteiger partial charge in [0, 0.05) is 18.2 Å². The summed E-state index contributed by atoms with van der Waals surface area (Å²) in [5.74, 6) is 0.444. The summed E-state index contributed by atoms with van der Waals surface area (Å²) in [4.78, 5) is 0. The van der Waals surface area contributed by atoms with Gasteiger partial charge in [0.2, 0.25) is 0 Å². The van der Waals surface area contributed by atoms with Crippen molar-refractivity contribution in [1.29, 1.82) is 0 Å². The number of ether oxygens (including phenoxy) is 1. The van der Waals surface area contributed by atoms with E-state index < -0.39 is 0 Å². The van der Waals surface area contributed by atoms with E-state index in [-0.39, 0.29) is 5.82 Å². The maximum absolute atomic E-state index is 13.4. The highest BCUT2D eigenvalue weighted by Crippen LogP contribution is 2.23. The van der Waals surface area contributed by atoms with Gasteiger partial charge < -0.3 is 10.1 Å². The Balaban J connectivity index is 2.47. The van der Waals surface area contributed by atoms with Gasteiger partial charge in [0.1, 0.15) is 11.6 Å². The maximum Gasteiger partial charge on any atom is 0.131 e. The van der Waals surface area contributed by atoms with E-state index >= 15 is 0 Å². The third kappa shape index (κ3) is 1.52. The fourth-order valence-corrected chi connectivity index (χ4v) is 1.64. The second-order valence-electron chi connectivity index (χ2n) is 3.17. The van der Waals surface area contributed by atoms with Crippen LogP contribution in [0.4, 0.5) is 4.39 Å². The van der Waals surface area contributed by atoms with Gasteiger partial charge in [-0.15, -0.1) is 0 Å². The van der Waals surface area contributed by atoms with Crippen molar-refractivity contribution in [3.63, 3.8) is 0 Å². The first-order valence-corrected chi connectivity index (χ1v) is 4.37. The van der Waals surface area contributed by atoms with Gasteiger partial charge >= 0.3 is 0 Å². The van der Waals surface area contributed by atoms with Crippen molar-refractivity contribution in [3.05, 3.63) is 29.1 Å². The number of fused-ring (bicyclic) bond motifs is 1. The molecule has 0 amide bonds. The molecule has 0 radical (unpaired) electrons. The van der Waals surface area contributed by atoms with Gasteiger partial charge in [-0.2, -0.15) is 0 Å². The zero-order valence-electron chi connectivity index (χ0n) is 7.56. The predicted molar refractivity (Wildman–Crippen MR) is 48.4 cm³/mol. The van der Waals surface area contributed by atoms with E-state index in [0.29, 0.717) is 12.3 Å². The van der Waals surface area contributed by atoms with Crippen molar-refractivity contribution in [2.75, 3.05) is 13.7 Å². The number of halogens is 1. The van der Waals surface area contributed by atoms with Gasteiger partial charge in [0.25, 0.3) is 0 Å². The molecule has 0 saturated carbocycles. The Bertz CT molecular complexity index is 325. The van der Waals surface area contributed by atoms with E-state index in [2.05, 4.69) is 5.32 Å². The molecule has 13 heavy (non-hydrogen) atoms. The summed E-state index contributed by atoms with van der Waals surface area (Å²) < 4.78 is 18.4. The number of rotatable bonds is 1. The second kappa shape index (κ2) is 3.34. The molecule has 0 atom stereocenters. The molecule has 0 saturated heterocycles. The fraction of sp³-hybridized carbons (Fsp3) is 0.400. The molecule has 1 aliphatic rings. The standard InChI is InChI=1S/C10H12FNO/c1-13-8-4-7-2-3-12-6-9(7)10(11)5-8/h4-5,12H,2-3,6H2,1H3. The van der Waals surface area contributed by atoms with Crippen molar-refractivity contribution in [3.8, 4) is 5.75 Å². The summed E-state index contributed by atoms with van der Waals surface area (Å²) in [7, 11) is 1.56. The van der Waals surface area contributed by atoms with Crippen LogP contribution >= 0.6 is 0 Å². The molecule has 1 aromatic carbocycles. The van der Waals surface area contributed by atoms with Gasteiger partial charge in [-0.25, -0.2) is 4.39 Å². The third-order valence-corrected chi connectivity index (χ3v) is 2.37. The Hall–Kier alpha value is -1.09. The van der Waals surface area contributed by atoms with Gasteiger partial charge in [-0.05, 0) is 24.6 Å². The molecule has 1 aromatic rings. The van der Waals surface area contributed by atoms with Crippen molar-refractivity contribution in [2.45, 2.75) is 13.0 Å². The molecular weight excluding hydrogens is 169 g/mol. The third-order valence-electron chi connectivity index (χ3n) is 2.37. The Morgan fingerprint density at radius 1 is 1.46 bits per heavy atom. The first kappa shape index (κ1) is 8.51. The number of hydrogen-bond donors (Lipinski definition) is 1. The largest absolute Gasteiger partial charge is 0.497 e. The van der Waals surface area contributed by atoms with Crippen molar-refractivity contribution >= 4 is 0 Å². The van der Waals surface area contributed by atoms with Gasteiger partial charge in [0.15, 0.2) is 0 Å². The minimum absolute atomic E-state index is 0.165. The number of benzene rings is 1. The molecule has 1 N–H and O–H groups in total. The van der Waals surface area contributed by atoms with E-state index in [1.165, 1.54) is 6.07 Å². The average Bonchev–Trinajstić information content (AvgIpc) is 2.18. The molecule has 1 heterocycles. The molecule has 0 unspecified atom stereocenters.